The van der Waals surface area contributed by atoms with Crippen LogP contribution in [-0.4, -0.2) is 28.6 Å². The van der Waals surface area contributed by atoms with Crippen molar-refractivity contribution in [1.82, 2.24) is 0 Å². The zero-order chi connectivity index (χ0) is 18.0. The molecule has 0 heterocycles. The van der Waals surface area contributed by atoms with E-state index in [1.807, 2.05) is 0 Å². The van der Waals surface area contributed by atoms with Gasteiger partial charge in [-0.15, -0.1) is 0 Å². The molecule has 126 valence electrons. The molecule has 2 aromatic carbocycles. The van der Waals surface area contributed by atoms with E-state index in [1.165, 1.54) is 18.2 Å². The third kappa shape index (κ3) is 3.74. The minimum Gasteiger partial charge on any atom is -0.506 e. The topological polar surface area (TPSA) is 83.8 Å². The fraction of sp³-hybridized carbons (Fsp3) is 0.125. The Labute approximate surface area is 159 Å². The first-order valence-electron chi connectivity index (χ1n) is 6.68. The summed E-state index contributed by atoms with van der Waals surface area (Å²) < 4.78 is 5.74. The number of ether oxygens (including phenoxy) is 1. The highest BCUT2D eigenvalue weighted by Gasteiger charge is 2.22. The number of esters is 1. The van der Waals surface area contributed by atoms with Crippen LogP contribution in [0.15, 0.2) is 33.2 Å². The van der Waals surface area contributed by atoms with Gasteiger partial charge in [-0.05, 0) is 47.1 Å². The number of rotatable bonds is 4. The van der Waals surface area contributed by atoms with Gasteiger partial charge in [-0.2, -0.15) is 0 Å². The molecule has 0 aliphatic heterocycles. The maximum absolute atomic E-state index is 12.7. The summed E-state index contributed by atoms with van der Waals surface area (Å²) in [6, 6.07) is 5.42. The summed E-state index contributed by atoms with van der Waals surface area (Å²) in [6.45, 7) is 1.72. The molecular weight excluding hydrogens is 467 g/mol. The van der Waals surface area contributed by atoms with Crippen LogP contribution in [0.3, 0.4) is 0 Å². The van der Waals surface area contributed by atoms with E-state index in [1.54, 1.807) is 13.0 Å². The van der Waals surface area contributed by atoms with Crippen molar-refractivity contribution in [3.8, 4) is 11.5 Å². The molecule has 0 spiro atoms. The van der Waals surface area contributed by atoms with Gasteiger partial charge in [0, 0.05) is 10.0 Å². The number of hydrogen-bond donors (Lipinski definition) is 2. The number of halogens is 3. The average Bonchev–Trinajstić information content (AvgIpc) is 2.52. The number of phenols is 2. The number of ketones is 1. The summed E-state index contributed by atoms with van der Waals surface area (Å²) in [7, 11) is 0. The highest BCUT2D eigenvalue weighted by atomic mass is 79.9. The average molecular weight is 479 g/mol. The van der Waals surface area contributed by atoms with Gasteiger partial charge in [0.05, 0.1) is 21.7 Å². The van der Waals surface area contributed by atoms with Crippen LogP contribution in [0.4, 0.5) is 0 Å². The first-order valence-corrected chi connectivity index (χ1v) is 8.65. The second-order valence-electron chi connectivity index (χ2n) is 4.69. The van der Waals surface area contributed by atoms with Crippen molar-refractivity contribution >= 4 is 55.2 Å². The maximum atomic E-state index is 12.7. The van der Waals surface area contributed by atoms with E-state index in [0.717, 1.165) is 0 Å². The van der Waals surface area contributed by atoms with E-state index in [2.05, 4.69) is 31.9 Å². The first kappa shape index (κ1) is 18.8. The van der Waals surface area contributed by atoms with Crippen molar-refractivity contribution in [1.29, 1.82) is 0 Å². The molecule has 0 unspecified atom stereocenters. The van der Waals surface area contributed by atoms with E-state index < -0.39 is 17.5 Å². The summed E-state index contributed by atoms with van der Waals surface area (Å²) >= 11 is 12.3. The highest BCUT2D eigenvalue weighted by Crippen LogP contribution is 2.35. The van der Waals surface area contributed by atoms with Crippen molar-refractivity contribution in [3.63, 3.8) is 0 Å². The van der Waals surface area contributed by atoms with Crippen molar-refractivity contribution in [3.05, 3.63) is 54.9 Å². The summed E-state index contributed by atoms with van der Waals surface area (Å²) in [5.41, 5.74) is -0.185. The van der Waals surface area contributed by atoms with Crippen molar-refractivity contribution in [2.75, 3.05) is 6.61 Å². The van der Waals surface area contributed by atoms with Gasteiger partial charge in [-0.3, -0.25) is 4.79 Å². The Balaban J connectivity index is 2.57. The Morgan fingerprint density at radius 2 is 1.75 bits per heavy atom. The van der Waals surface area contributed by atoms with Crippen LogP contribution in [-0.2, 0) is 4.74 Å². The van der Waals surface area contributed by atoms with Gasteiger partial charge in [-0.1, -0.05) is 27.5 Å². The molecule has 0 aromatic heterocycles. The molecule has 24 heavy (non-hydrogen) atoms. The smallest absolute Gasteiger partial charge is 0.341 e. The first-order chi connectivity index (χ1) is 11.3. The number of aromatic hydroxyl groups is 2. The zero-order valence-electron chi connectivity index (χ0n) is 12.3. The third-order valence-corrected chi connectivity index (χ3v) is 4.44. The molecule has 0 fully saturated rings. The van der Waals surface area contributed by atoms with Gasteiger partial charge >= 0.3 is 5.97 Å². The summed E-state index contributed by atoms with van der Waals surface area (Å²) in [5.74, 6) is -2.08. The molecule has 0 saturated heterocycles. The lowest BCUT2D eigenvalue weighted by atomic mass is 10.00. The number of carbonyl (C=O) groups is 2. The second-order valence-corrected chi connectivity index (χ2v) is 6.86. The zero-order valence-corrected chi connectivity index (χ0v) is 16.2. The van der Waals surface area contributed by atoms with Crippen LogP contribution in [0.25, 0.3) is 0 Å². The van der Waals surface area contributed by atoms with Crippen LogP contribution in [0.1, 0.15) is 33.2 Å². The van der Waals surface area contributed by atoms with Gasteiger partial charge in [0.25, 0.3) is 0 Å². The standard InChI is InChI=1S/C16H11Br2ClO5/c1-2-24-16(23)10-3-7(4-12(19)15(10)22)13(20)9-5-8(17)6-11(18)14(9)21/h3-6,21-22H,2H2,1H3. The van der Waals surface area contributed by atoms with Crippen LogP contribution in [0.2, 0.25) is 5.02 Å². The molecule has 0 atom stereocenters. The summed E-state index contributed by atoms with van der Waals surface area (Å²) in [4.78, 5) is 24.6. The van der Waals surface area contributed by atoms with E-state index in [9.17, 15) is 19.8 Å². The predicted molar refractivity (Wildman–Crippen MR) is 96.0 cm³/mol. The van der Waals surface area contributed by atoms with Gasteiger partial charge < -0.3 is 14.9 Å². The predicted octanol–water partition coefficient (Wildman–Crippen LogP) is 4.68. The summed E-state index contributed by atoms with van der Waals surface area (Å²) in [6.07, 6.45) is 0. The quantitative estimate of drug-likeness (QED) is 0.492. The van der Waals surface area contributed by atoms with Crippen LogP contribution in [0.5, 0.6) is 11.5 Å². The van der Waals surface area contributed by atoms with Crippen molar-refractivity contribution in [2.45, 2.75) is 6.92 Å². The van der Waals surface area contributed by atoms with Gasteiger partial charge in [0.15, 0.2) is 5.78 Å². The third-order valence-electron chi connectivity index (χ3n) is 3.09. The fourth-order valence-corrected chi connectivity index (χ4v) is 3.43. The number of benzene rings is 2. The summed E-state index contributed by atoms with van der Waals surface area (Å²) in [5, 5.41) is 19.8. The van der Waals surface area contributed by atoms with Gasteiger partial charge in [0.2, 0.25) is 0 Å². The molecule has 0 aliphatic carbocycles. The van der Waals surface area contributed by atoms with E-state index >= 15 is 0 Å². The van der Waals surface area contributed by atoms with Crippen molar-refractivity contribution < 1.29 is 24.5 Å². The Morgan fingerprint density at radius 3 is 2.38 bits per heavy atom. The minimum absolute atomic E-state index is 0.00724. The number of hydrogen-bond acceptors (Lipinski definition) is 5. The Bertz CT molecular complexity index is 836. The number of carbonyl (C=O) groups excluding carboxylic acids is 2. The molecule has 0 aliphatic rings. The monoisotopic (exact) mass is 476 g/mol. The van der Waals surface area contributed by atoms with Gasteiger partial charge in [0.1, 0.15) is 17.1 Å². The van der Waals surface area contributed by atoms with E-state index in [0.29, 0.717) is 8.95 Å². The molecule has 0 radical (unpaired) electrons. The molecule has 5 nitrogen and oxygen atoms in total. The molecule has 8 heteroatoms. The Hall–Kier alpha value is -1.57. The molecule has 0 saturated carbocycles. The Kier molecular flexibility index (Phi) is 5.90. The SMILES string of the molecule is CCOC(=O)c1cc(C(=O)c2cc(Br)cc(Br)c2O)cc(Cl)c1O. The van der Waals surface area contributed by atoms with E-state index in [-0.39, 0.29) is 34.1 Å². The Morgan fingerprint density at radius 1 is 1.08 bits per heavy atom. The lowest BCUT2D eigenvalue weighted by Gasteiger charge is -2.10. The number of phenolic OH excluding ortho intramolecular Hbond substituents is 2. The molecule has 2 N–H and O–H groups in total. The lowest BCUT2D eigenvalue weighted by molar-refractivity contribution is 0.0523. The molecule has 0 amide bonds. The minimum atomic E-state index is -0.800. The van der Waals surface area contributed by atoms with Crippen LogP contribution in [0, 0.1) is 0 Å². The van der Waals surface area contributed by atoms with E-state index in [4.69, 9.17) is 16.3 Å². The fourth-order valence-electron chi connectivity index (χ4n) is 1.99. The molecular formula is C16H11Br2ClO5. The maximum Gasteiger partial charge on any atom is 0.341 e. The molecule has 0 bridgehead atoms. The largest absolute Gasteiger partial charge is 0.506 e. The van der Waals surface area contributed by atoms with Crippen LogP contribution >= 0.6 is 43.5 Å². The van der Waals surface area contributed by atoms with Gasteiger partial charge in [-0.25, -0.2) is 4.79 Å². The molecule has 2 rings (SSSR count). The van der Waals surface area contributed by atoms with Crippen molar-refractivity contribution in [2.24, 2.45) is 0 Å². The highest BCUT2D eigenvalue weighted by molar-refractivity contribution is 9.11. The molecule has 2 aromatic rings. The normalized spacial score (nSPS) is 10.5. The lowest BCUT2D eigenvalue weighted by Crippen LogP contribution is -2.09. The second kappa shape index (κ2) is 7.55. The van der Waals surface area contributed by atoms with Crippen LogP contribution < -0.4 is 0 Å².